The average Bonchev–Trinajstić information content (AvgIpc) is 3.00. The summed E-state index contributed by atoms with van der Waals surface area (Å²) in [6, 6.07) is 14.5. The van der Waals surface area contributed by atoms with Crippen LogP contribution in [0.3, 0.4) is 0 Å². The summed E-state index contributed by atoms with van der Waals surface area (Å²) >= 11 is 0. The minimum absolute atomic E-state index is 0. The van der Waals surface area contributed by atoms with Crippen LogP contribution in [-0.2, 0) is 0 Å². The van der Waals surface area contributed by atoms with E-state index in [1.54, 1.807) is 0 Å². The van der Waals surface area contributed by atoms with E-state index in [4.69, 9.17) is 0 Å². The van der Waals surface area contributed by atoms with Crippen LogP contribution in [0.5, 0.6) is 0 Å². The van der Waals surface area contributed by atoms with Gasteiger partial charge in [-0.25, -0.2) is 4.98 Å². The van der Waals surface area contributed by atoms with Crippen LogP contribution in [-0.4, -0.2) is 28.3 Å². The number of hydrogen-bond acceptors (Lipinski definition) is 3. The van der Waals surface area contributed by atoms with E-state index in [9.17, 15) is 0 Å². The Kier molecular flexibility index (Phi) is 5.64. The minimum Gasteiger partial charge on any atom is -0.370 e. The first-order chi connectivity index (χ1) is 10.4. The van der Waals surface area contributed by atoms with E-state index >= 15 is 0 Å². The normalized spacial score (nSPS) is 13.5. The number of imidazole rings is 1. The molecule has 2 aromatic heterocycles. The topological polar surface area (TPSA) is 41.7 Å². The van der Waals surface area contributed by atoms with E-state index in [1.807, 2.05) is 28.8 Å². The van der Waals surface area contributed by atoms with Gasteiger partial charge in [0.2, 0.25) is 0 Å². The lowest BCUT2D eigenvalue weighted by Gasteiger charge is -2.14. The molecule has 4 rings (SSSR count). The Morgan fingerprint density at radius 1 is 0.957 bits per heavy atom. The molecule has 4 nitrogen and oxygen atoms in total. The van der Waals surface area contributed by atoms with Crippen LogP contribution in [0.2, 0.25) is 0 Å². The first-order valence-corrected chi connectivity index (χ1v) is 7.23. The summed E-state index contributed by atoms with van der Waals surface area (Å²) in [6.45, 7) is 1.92. The lowest BCUT2D eigenvalue weighted by molar-refractivity contribution is 0.742. The molecule has 23 heavy (non-hydrogen) atoms. The van der Waals surface area contributed by atoms with Gasteiger partial charge in [0.1, 0.15) is 11.5 Å². The molecule has 0 bridgehead atoms. The molecule has 1 N–H and O–H groups in total. The molecule has 120 valence electrons. The molecule has 0 fully saturated rings. The van der Waals surface area contributed by atoms with Crippen molar-refractivity contribution in [2.24, 2.45) is 4.99 Å². The molecule has 0 unspecified atom stereocenters. The molecule has 3 aromatic rings. The van der Waals surface area contributed by atoms with Crippen LogP contribution in [0.4, 0.5) is 0 Å². The summed E-state index contributed by atoms with van der Waals surface area (Å²) in [5, 5.41) is 3.35. The molecule has 0 saturated carbocycles. The fourth-order valence-corrected chi connectivity index (χ4v) is 2.60. The Balaban J connectivity index is 0.000000960. The highest BCUT2D eigenvalue weighted by molar-refractivity contribution is 5.99. The Bertz CT molecular complexity index is 776. The first kappa shape index (κ1) is 17.3. The van der Waals surface area contributed by atoms with Crippen LogP contribution in [0.15, 0.2) is 59.9 Å². The van der Waals surface area contributed by atoms with Crippen LogP contribution < -0.4 is 5.32 Å². The highest BCUT2D eigenvalue weighted by atomic mass is 35.5. The van der Waals surface area contributed by atoms with Gasteiger partial charge in [-0.1, -0.05) is 30.3 Å². The Labute approximate surface area is 147 Å². The summed E-state index contributed by atoms with van der Waals surface area (Å²) in [5.41, 5.74) is 4.22. The smallest absolute Gasteiger partial charge is 0.137 e. The molecule has 1 aliphatic heterocycles. The predicted octanol–water partition coefficient (Wildman–Crippen LogP) is 3.58. The van der Waals surface area contributed by atoms with Crippen molar-refractivity contribution in [1.29, 1.82) is 0 Å². The molecule has 6 heteroatoms. The third-order valence-electron chi connectivity index (χ3n) is 3.72. The van der Waals surface area contributed by atoms with Crippen LogP contribution in [0.25, 0.3) is 16.9 Å². The number of fused-ring (bicyclic) bond motifs is 1. The lowest BCUT2D eigenvalue weighted by Crippen LogP contribution is -2.30. The Morgan fingerprint density at radius 3 is 2.43 bits per heavy atom. The first-order valence-electron chi connectivity index (χ1n) is 7.23. The van der Waals surface area contributed by atoms with Crippen molar-refractivity contribution >= 4 is 36.3 Å². The second-order valence-electron chi connectivity index (χ2n) is 5.18. The fourth-order valence-electron chi connectivity index (χ4n) is 2.60. The van der Waals surface area contributed by atoms with Crippen molar-refractivity contribution in [3.63, 3.8) is 0 Å². The van der Waals surface area contributed by atoms with Crippen LogP contribution in [0.1, 0.15) is 12.0 Å². The zero-order valence-electron chi connectivity index (χ0n) is 12.5. The van der Waals surface area contributed by atoms with E-state index in [0.717, 1.165) is 47.8 Å². The van der Waals surface area contributed by atoms with E-state index in [0.29, 0.717) is 0 Å². The molecule has 0 atom stereocenters. The highest BCUT2D eigenvalue weighted by Gasteiger charge is 2.08. The molecule has 0 amide bonds. The van der Waals surface area contributed by atoms with E-state index < -0.39 is 0 Å². The average molecular weight is 349 g/mol. The third kappa shape index (κ3) is 3.49. The number of amidine groups is 1. The molecular weight excluding hydrogens is 331 g/mol. The minimum atomic E-state index is 0. The van der Waals surface area contributed by atoms with Crippen molar-refractivity contribution in [3.05, 3.63) is 60.4 Å². The van der Waals surface area contributed by atoms with Gasteiger partial charge in [-0.2, -0.15) is 0 Å². The lowest BCUT2D eigenvalue weighted by atomic mass is 10.1. The zero-order chi connectivity index (χ0) is 14.1. The summed E-state index contributed by atoms with van der Waals surface area (Å²) in [5.74, 6) is 1.00. The Morgan fingerprint density at radius 2 is 1.74 bits per heavy atom. The van der Waals surface area contributed by atoms with Crippen LogP contribution in [0, 0.1) is 0 Å². The SMILES string of the molecule is Cl.Cl.c1ccn2cc(-c3ccc(C4=NCCCN4)cc3)nc2c1. The predicted molar refractivity (Wildman–Crippen MR) is 99.1 cm³/mol. The van der Waals surface area contributed by atoms with Crippen molar-refractivity contribution in [2.45, 2.75) is 6.42 Å². The van der Waals surface area contributed by atoms with E-state index in [2.05, 4.69) is 45.8 Å². The monoisotopic (exact) mass is 348 g/mol. The van der Waals surface area contributed by atoms with Gasteiger partial charge >= 0.3 is 0 Å². The number of nitrogens with zero attached hydrogens (tertiary/aromatic N) is 3. The molecule has 1 aromatic carbocycles. The number of aliphatic imine (C=N–C) groups is 1. The van der Waals surface area contributed by atoms with E-state index in [-0.39, 0.29) is 24.8 Å². The third-order valence-corrected chi connectivity index (χ3v) is 3.72. The largest absolute Gasteiger partial charge is 0.370 e. The van der Waals surface area contributed by atoms with Gasteiger partial charge in [0, 0.05) is 36.6 Å². The maximum atomic E-state index is 4.64. The molecule has 0 spiro atoms. The number of nitrogens with one attached hydrogen (secondary N) is 1. The molecule has 0 radical (unpaired) electrons. The second-order valence-corrected chi connectivity index (χ2v) is 5.18. The van der Waals surface area contributed by atoms with Crippen molar-refractivity contribution in [1.82, 2.24) is 14.7 Å². The number of aromatic nitrogens is 2. The van der Waals surface area contributed by atoms with Gasteiger partial charge in [-0.15, -0.1) is 24.8 Å². The molecule has 3 heterocycles. The Hall–Kier alpha value is -2.04. The van der Waals surface area contributed by atoms with Crippen molar-refractivity contribution in [3.8, 4) is 11.3 Å². The molecule has 0 aliphatic carbocycles. The number of rotatable bonds is 2. The molecule has 0 saturated heterocycles. The number of benzene rings is 1. The van der Waals surface area contributed by atoms with Gasteiger partial charge in [-0.3, -0.25) is 4.99 Å². The summed E-state index contributed by atoms with van der Waals surface area (Å²) in [7, 11) is 0. The van der Waals surface area contributed by atoms with Crippen LogP contribution >= 0.6 is 24.8 Å². The highest BCUT2D eigenvalue weighted by Crippen LogP contribution is 2.20. The maximum Gasteiger partial charge on any atom is 0.137 e. The number of hydrogen-bond donors (Lipinski definition) is 1. The van der Waals surface area contributed by atoms with Gasteiger partial charge in [0.05, 0.1) is 5.69 Å². The summed E-state index contributed by atoms with van der Waals surface area (Å²) in [6.07, 6.45) is 5.18. The van der Waals surface area contributed by atoms with Crippen molar-refractivity contribution < 1.29 is 0 Å². The molecule has 1 aliphatic rings. The summed E-state index contributed by atoms with van der Waals surface area (Å²) < 4.78 is 2.04. The summed E-state index contributed by atoms with van der Waals surface area (Å²) in [4.78, 5) is 9.16. The van der Waals surface area contributed by atoms with E-state index in [1.165, 1.54) is 0 Å². The quantitative estimate of drug-likeness (QED) is 0.768. The van der Waals surface area contributed by atoms with Crippen molar-refractivity contribution in [2.75, 3.05) is 13.1 Å². The van der Waals surface area contributed by atoms with Gasteiger partial charge < -0.3 is 9.72 Å². The maximum absolute atomic E-state index is 4.64. The molecular formula is C17H18Cl2N4. The standard InChI is InChI=1S/C17H16N4.2ClH/c1-2-11-21-12-15(20-16(21)4-1)13-5-7-14(8-6-13)17-18-9-3-10-19-17;;/h1-2,4-8,11-12H,3,9-10H2,(H,18,19);2*1H. The van der Waals surface area contributed by atoms with Gasteiger partial charge in [-0.05, 0) is 18.6 Å². The number of halogens is 2. The van der Waals surface area contributed by atoms with Gasteiger partial charge in [0.25, 0.3) is 0 Å². The fraction of sp³-hybridized carbons (Fsp3) is 0.176. The second kappa shape index (κ2) is 7.49. The number of pyridine rings is 1. The zero-order valence-corrected chi connectivity index (χ0v) is 14.1. The van der Waals surface area contributed by atoms with Gasteiger partial charge in [0.15, 0.2) is 0 Å².